The van der Waals surface area contributed by atoms with Crippen LogP contribution >= 0.6 is 0 Å². The van der Waals surface area contributed by atoms with Crippen LogP contribution in [-0.2, 0) is 4.74 Å². The van der Waals surface area contributed by atoms with Gasteiger partial charge in [0.25, 0.3) is 0 Å². The molecule has 1 aromatic heterocycles. The Morgan fingerprint density at radius 2 is 1.95 bits per heavy atom. The number of nitrogens with zero attached hydrogens (tertiary/aromatic N) is 1. The van der Waals surface area contributed by atoms with Crippen molar-refractivity contribution in [2.75, 3.05) is 20.2 Å². The summed E-state index contributed by atoms with van der Waals surface area (Å²) in [7, 11) is 1.98. The molecule has 0 radical (unpaired) electrons. The van der Waals surface area contributed by atoms with Gasteiger partial charge in [-0.3, -0.25) is 4.90 Å². The lowest BCUT2D eigenvalue weighted by Gasteiger charge is -2.25. The van der Waals surface area contributed by atoms with Crippen LogP contribution in [0.15, 0.2) is 34.7 Å². The van der Waals surface area contributed by atoms with Crippen molar-refractivity contribution in [2.45, 2.75) is 39.0 Å². The zero-order valence-electron chi connectivity index (χ0n) is 13.2. The number of furan rings is 1. The number of aliphatic hydroxyl groups is 1. The number of benzene rings is 1. The molecule has 0 amide bonds. The van der Waals surface area contributed by atoms with Crippen LogP contribution in [0.25, 0.3) is 11.0 Å². The highest BCUT2D eigenvalue weighted by Crippen LogP contribution is 2.26. The second kappa shape index (κ2) is 7.07. The SMILES string of the molecule is CC(C)OCC(O)CN(C)C(C)c1cc2ccccc2o1. The third kappa shape index (κ3) is 4.30. The first-order valence-electron chi connectivity index (χ1n) is 7.45. The van der Waals surface area contributed by atoms with Gasteiger partial charge in [-0.1, -0.05) is 18.2 Å². The second-order valence-corrected chi connectivity index (χ2v) is 5.84. The number of hydrogen-bond acceptors (Lipinski definition) is 4. The van der Waals surface area contributed by atoms with Crippen LogP contribution in [0.3, 0.4) is 0 Å². The monoisotopic (exact) mass is 291 g/mol. The molecular formula is C17H25NO3. The summed E-state index contributed by atoms with van der Waals surface area (Å²) in [5, 5.41) is 11.1. The van der Waals surface area contributed by atoms with Gasteiger partial charge in [0.05, 0.1) is 24.9 Å². The predicted octanol–water partition coefficient (Wildman–Crippen LogP) is 3.21. The average molecular weight is 291 g/mol. The number of fused-ring (bicyclic) bond motifs is 1. The minimum atomic E-state index is -0.496. The molecule has 1 aromatic carbocycles. The summed E-state index contributed by atoms with van der Waals surface area (Å²) in [6, 6.07) is 10.1. The van der Waals surface area contributed by atoms with Gasteiger partial charge in [0.1, 0.15) is 11.3 Å². The number of hydrogen-bond donors (Lipinski definition) is 1. The second-order valence-electron chi connectivity index (χ2n) is 5.84. The molecule has 1 N–H and O–H groups in total. The lowest BCUT2D eigenvalue weighted by atomic mass is 10.2. The van der Waals surface area contributed by atoms with E-state index in [1.54, 1.807) is 0 Å². The molecule has 2 atom stereocenters. The number of aliphatic hydroxyl groups excluding tert-OH is 1. The van der Waals surface area contributed by atoms with E-state index >= 15 is 0 Å². The topological polar surface area (TPSA) is 45.8 Å². The van der Waals surface area contributed by atoms with Crippen molar-refractivity contribution in [3.8, 4) is 0 Å². The van der Waals surface area contributed by atoms with Crippen molar-refractivity contribution in [1.29, 1.82) is 0 Å². The number of ether oxygens (including phenoxy) is 1. The Labute approximate surface area is 126 Å². The summed E-state index contributed by atoms with van der Waals surface area (Å²) in [5.41, 5.74) is 0.899. The Bertz CT molecular complexity index is 531. The normalized spacial score (nSPS) is 15.0. The van der Waals surface area contributed by atoms with Crippen molar-refractivity contribution in [2.24, 2.45) is 0 Å². The Kier molecular flexibility index (Phi) is 5.39. The summed E-state index contributed by atoms with van der Waals surface area (Å²) in [6.45, 7) is 6.91. The molecule has 116 valence electrons. The van der Waals surface area contributed by atoms with E-state index in [1.807, 2.05) is 45.2 Å². The Morgan fingerprint density at radius 3 is 2.62 bits per heavy atom. The van der Waals surface area contributed by atoms with Gasteiger partial charge in [0.2, 0.25) is 0 Å². The van der Waals surface area contributed by atoms with Crippen LogP contribution < -0.4 is 0 Å². The molecule has 0 aliphatic carbocycles. The van der Waals surface area contributed by atoms with Crippen LogP contribution in [0.1, 0.15) is 32.6 Å². The first kappa shape index (κ1) is 16.0. The van der Waals surface area contributed by atoms with E-state index in [0.717, 1.165) is 16.7 Å². The fraction of sp³-hybridized carbons (Fsp3) is 0.529. The molecule has 0 aliphatic heterocycles. The maximum absolute atomic E-state index is 10.0. The number of para-hydroxylation sites is 1. The highest BCUT2D eigenvalue weighted by atomic mass is 16.5. The molecule has 4 nitrogen and oxygen atoms in total. The molecule has 0 spiro atoms. The Balaban J connectivity index is 1.96. The van der Waals surface area contributed by atoms with Gasteiger partial charge in [-0.05, 0) is 40.0 Å². The molecule has 0 aliphatic rings. The fourth-order valence-corrected chi connectivity index (χ4v) is 2.27. The molecule has 2 unspecified atom stereocenters. The lowest BCUT2D eigenvalue weighted by Crippen LogP contribution is -2.34. The van der Waals surface area contributed by atoms with Gasteiger partial charge < -0.3 is 14.3 Å². The molecule has 4 heteroatoms. The third-order valence-corrected chi connectivity index (χ3v) is 3.64. The summed E-state index contributed by atoms with van der Waals surface area (Å²) >= 11 is 0. The van der Waals surface area contributed by atoms with E-state index in [4.69, 9.17) is 9.15 Å². The minimum absolute atomic E-state index is 0.103. The highest BCUT2D eigenvalue weighted by molar-refractivity contribution is 5.77. The maximum Gasteiger partial charge on any atom is 0.134 e. The first-order chi connectivity index (χ1) is 9.97. The third-order valence-electron chi connectivity index (χ3n) is 3.64. The van der Waals surface area contributed by atoms with Gasteiger partial charge >= 0.3 is 0 Å². The zero-order valence-corrected chi connectivity index (χ0v) is 13.2. The van der Waals surface area contributed by atoms with Crippen LogP contribution in [0.4, 0.5) is 0 Å². The average Bonchev–Trinajstić information content (AvgIpc) is 2.88. The summed E-state index contributed by atoms with van der Waals surface area (Å²) in [5.74, 6) is 0.913. The summed E-state index contributed by atoms with van der Waals surface area (Å²) in [4.78, 5) is 2.08. The standard InChI is InChI=1S/C17H25NO3/c1-12(2)20-11-15(19)10-18(4)13(3)17-9-14-7-5-6-8-16(14)21-17/h5-9,12-13,15,19H,10-11H2,1-4H3. The van der Waals surface area contributed by atoms with E-state index in [1.165, 1.54) is 0 Å². The van der Waals surface area contributed by atoms with Gasteiger partial charge in [-0.15, -0.1) is 0 Å². The molecule has 21 heavy (non-hydrogen) atoms. The van der Waals surface area contributed by atoms with Crippen molar-refractivity contribution < 1.29 is 14.3 Å². The van der Waals surface area contributed by atoms with E-state index in [-0.39, 0.29) is 12.1 Å². The Morgan fingerprint density at radius 1 is 1.24 bits per heavy atom. The van der Waals surface area contributed by atoms with E-state index < -0.39 is 6.10 Å². The van der Waals surface area contributed by atoms with Crippen LogP contribution in [0, 0.1) is 0 Å². The van der Waals surface area contributed by atoms with E-state index in [9.17, 15) is 5.11 Å². The van der Waals surface area contributed by atoms with Gasteiger partial charge in [-0.2, -0.15) is 0 Å². The van der Waals surface area contributed by atoms with E-state index in [0.29, 0.717) is 13.2 Å². The fourth-order valence-electron chi connectivity index (χ4n) is 2.27. The molecule has 1 heterocycles. The number of likely N-dealkylation sites (N-methyl/N-ethyl adjacent to an activating group) is 1. The van der Waals surface area contributed by atoms with Crippen molar-refractivity contribution in [3.63, 3.8) is 0 Å². The molecule has 0 fully saturated rings. The predicted molar refractivity (Wildman–Crippen MR) is 84.4 cm³/mol. The molecule has 0 saturated carbocycles. The maximum atomic E-state index is 10.0. The quantitative estimate of drug-likeness (QED) is 0.851. The molecule has 0 bridgehead atoms. The first-order valence-corrected chi connectivity index (χ1v) is 7.45. The molecule has 0 saturated heterocycles. The number of rotatable bonds is 7. The summed E-state index contributed by atoms with van der Waals surface area (Å²) < 4.78 is 11.3. The largest absolute Gasteiger partial charge is 0.459 e. The van der Waals surface area contributed by atoms with Crippen molar-refractivity contribution in [1.82, 2.24) is 4.90 Å². The lowest BCUT2D eigenvalue weighted by molar-refractivity contribution is -0.0104. The highest BCUT2D eigenvalue weighted by Gasteiger charge is 2.19. The van der Waals surface area contributed by atoms with Crippen LogP contribution in [0.5, 0.6) is 0 Å². The zero-order chi connectivity index (χ0) is 15.4. The molecular weight excluding hydrogens is 266 g/mol. The van der Waals surface area contributed by atoms with Crippen LogP contribution in [-0.4, -0.2) is 42.4 Å². The van der Waals surface area contributed by atoms with Crippen molar-refractivity contribution >= 4 is 11.0 Å². The van der Waals surface area contributed by atoms with E-state index in [2.05, 4.69) is 17.9 Å². The van der Waals surface area contributed by atoms with Gasteiger partial charge in [-0.25, -0.2) is 0 Å². The van der Waals surface area contributed by atoms with Crippen LogP contribution in [0.2, 0.25) is 0 Å². The Hall–Kier alpha value is -1.36. The minimum Gasteiger partial charge on any atom is -0.459 e. The summed E-state index contributed by atoms with van der Waals surface area (Å²) in [6.07, 6.45) is -0.359. The van der Waals surface area contributed by atoms with Crippen molar-refractivity contribution in [3.05, 3.63) is 36.1 Å². The van der Waals surface area contributed by atoms with Gasteiger partial charge in [0.15, 0.2) is 0 Å². The molecule has 2 aromatic rings. The smallest absolute Gasteiger partial charge is 0.134 e. The molecule has 2 rings (SSSR count). The van der Waals surface area contributed by atoms with Gasteiger partial charge in [0, 0.05) is 11.9 Å².